The first-order valence-corrected chi connectivity index (χ1v) is 7.13. The van der Waals surface area contributed by atoms with Crippen molar-refractivity contribution in [3.05, 3.63) is 22.4 Å². The lowest BCUT2D eigenvalue weighted by atomic mass is 10.1. The van der Waals surface area contributed by atoms with Crippen LogP contribution in [-0.2, 0) is 11.3 Å². The summed E-state index contributed by atoms with van der Waals surface area (Å²) in [6.45, 7) is 5.52. The first-order chi connectivity index (χ1) is 8.19. The molecule has 2 N–H and O–H groups in total. The van der Waals surface area contributed by atoms with Gasteiger partial charge in [0.15, 0.2) is 0 Å². The van der Waals surface area contributed by atoms with Crippen molar-refractivity contribution in [1.29, 1.82) is 0 Å². The topological polar surface area (TPSA) is 46.3 Å². The molecule has 4 heteroatoms. The Morgan fingerprint density at radius 1 is 1.53 bits per heavy atom. The highest BCUT2D eigenvalue weighted by atomic mass is 32.1. The number of nitrogens with two attached hydrogens (primary N) is 1. The van der Waals surface area contributed by atoms with Crippen molar-refractivity contribution in [3.63, 3.8) is 0 Å². The molecule has 17 heavy (non-hydrogen) atoms. The molecule has 96 valence electrons. The Morgan fingerprint density at radius 3 is 2.82 bits per heavy atom. The molecule has 1 aromatic heterocycles. The van der Waals surface area contributed by atoms with E-state index in [1.54, 1.807) is 11.3 Å². The number of unbranched alkanes of at least 4 members (excludes halogenated alkanes) is 1. The molecule has 1 aromatic rings. The lowest BCUT2D eigenvalue weighted by Gasteiger charge is -2.23. The van der Waals surface area contributed by atoms with Crippen LogP contribution in [0.3, 0.4) is 0 Å². The second kappa shape index (κ2) is 7.45. The summed E-state index contributed by atoms with van der Waals surface area (Å²) < 4.78 is 0. The Labute approximate surface area is 108 Å². The number of nitrogens with zero attached hydrogens (tertiary/aromatic N) is 1. The van der Waals surface area contributed by atoms with Crippen LogP contribution in [0.15, 0.2) is 17.5 Å². The van der Waals surface area contributed by atoms with E-state index in [0.717, 1.165) is 25.8 Å². The van der Waals surface area contributed by atoms with E-state index < -0.39 is 0 Å². The fourth-order valence-electron chi connectivity index (χ4n) is 1.72. The van der Waals surface area contributed by atoms with Crippen LogP contribution in [0.2, 0.25) is 0 Å². The largest absolute Gasteiger partial charge is 0.336 e. The maximum absolute atomic E-state index is 12.1. The second-order valence-electron chi connectivity index (χ2n) is 4.18. The number of amides is 1. The maximum atomic E-state index is 12.1. The van der Waals surface area contributed by atoms with Crippen molar-refractivity contribution < 1.29 is 4.79 Å². The van der Waals surface area contributed by atoms with Crippen LogP contribution in [0.5, 0.6) is 0 Å². The molecule has 1 atom stereocenters. The highest BCUT2D eigenvalue weighted by Gasteiger charge is 2.19. The van der Waals surface area contributed by atoms with Crippen LogP contribution in [0.25, 0.3) is 0 Å². The molecule has 1 amide bonds. The molecule has 0 aliphatic heterocycles. The normalized spacial score (nSPS) is 12.4. The molecule has 0 saturated carbocycles. The van der Waals surface area contributed by atoms with E-state index in [-0.39, 0.29) is 11.9 Å². The fourth-order valence-corrected chi connectivity index (χ4v) is 2.44. The highest BCUT2D eigenvalue weighted by Crippen LogP contribution is 2.13. The Kier molecular flexibility index (Phi) is 6.22. The van der Waals surface area contributed by atoms with E-state index in [1.165, 1.54) is 4.88 Å². The third-order valence-electron chi connectivity index (χ3n) is 2.81. The van der Waals surface area contributed by atoms with Gasteiger partial charge < -0.3 is 10.6 Å². The zero-order chi connectivity index (χ0) is 12.7. The summed E-state index contributed by atoms with van der Waals surface area (Å²) in [6, 6.07) is 3.72. The van der Waals surface area contributed by atoms with Gasteiger partial charge in [-0.2, -0.15) is 0 Å². The van der Waals surface area contributed by atoms with E-state index >= 15 is 0 Å². The third kappa shape index (κ3) is 4.48. The third-order valence-corrected chi connectivity index (χ3v) is 3.67. The SMILES string of the molecule is CCCC[C@H](N)C(=O)N(CC)Cc1cccs1. The van der Waals surface area contributed by atoms with Gasteiger partial charge in [0.2, 0.25) is 5.91 Å². The number of carbonyl (C=O) groups is 1. The lowest BCUT2D eigenvalue weighted by Crippen LogP contribution is -2.43. The molecule has 0 unspecified atom stereocenters. The number of rotatable bonds is 7. The van der Waals surface area contributed by atoms with Crippen LogP contribution in [0.1, 0.15) is 38.0 Å². The number of hydrogen-bond donors (Lipinski definition) is 1. The second-order valence-corrected chi connectivity index (χ2v) is 5.21. The summed E-state index contributed by atoms with van der Waals surface area (Å²) in [6.07, 6.45) is 2.89. The van der Waals surface area contributed by atoms with Crippen molar-refractivity contribution in [3.8, 4) is 0 Å². The van der Waals surface area contributed by atoms with Gasteiger partial charge in [0.1, 0.15) is 0 Å². The zero-order valence-corrected chi connectivity index (χ0v) is 11.5. The molecule has 0 fully saturated rings. The molecule has 0 aliphatic rings. The molecule has 0 aliphatic carbocycles. The van der Waals surface area contributed by atoms with Crippen LogP contribution in [-0.4, -0.2) is 23.4 Å². The van der Waals surface area contributed by atoms with E-state index in [4.69, 9.17) is 5.73 Å². The van der Waals surface area contributed by atoms with Gasteiger partial charge in [-0.3, -0.25) is 4.79 Å². The van der Waals surface area contributed by atoms with Gasteiger partial charge in [-0.1, -0.05) is 25.8 Å². The van der Waals surface area contributed by atoms with Crippen LogP contribution >= 0.6 is 11.3 Å². The molecular formula is C13H22N2OS. The van der Waals surface area contributed by atoms with Gasteiger partial charge in [0, 0.05) is 11.4 Å². The minimum absolute atomic E-state index is 0.0781. The maximum Gasteiger partial charge on any atom is 0.239 e. The van der Waals surface area contributed by atoms with Crippen molar-refractivity contribution in [2.75, 3.05) is 6.54 Å². The molecule has 0 aromatic carbocycles. The molecule has 3 nitrogen and oxygen atoms in total. The molecule has 1 rings (SSSR count). The Balaban J connectivity index is 2.51. The average molecular weight is 254 g/mol. The highest BCUT2D eigenvalue weighted by molar-refractivity contribution is 7.09. The van der Waals surface area contributed by atoms with Crippen molar-refractivity contribution in [2.45, 2.75) is 45.7 Å². The first-order valence-electron chi connectivity index (χ1n) is 6.25. The quantitative estimate of drug-likeness (QED) is 0.813. The minimum atomic E-state index is -0.338. The van der Waals surface area contributed by atoms with E-state index in [0.29, 0.717) is 6.54 Å². The summed E-state index contributed by atoms with van der Waals surface area (Å²) >= 11 is 1.68. The van der Waals surface area contributed by atoms with Crippen LogP contribution in [0, 0.1) is 0 Å². The minimum Gasteiger partial charge on any atom is -0.336 e. The number of likely N-dealkylation sites (N-methyl/N-ethyl adjacent to an activating group) is 1. The van der Waals surface area contributed by atoms with E-state index in [2.05, 4.69) is 13.0 Å². The zero-order valence-electron chi connectivity index (χ0n) is 10.7. The predicted octanol–water partition coefficient (Wildman–Crippen LogP) is 2.61. The molecule has 0 saturated heterocycles. The Bertz CT molecular complexity index is 324. The summed E-state index contributed by atoms with van der Waals surface area (Å²) in [5.41, 5.74) is 5.92. The van der Waals surface area contributed by atoms with Crippen LogP contribution < -0.4 is 5.73 Å². The number of thiophene rings is 1. The summed E-state index contributed by atoms with van der Waals surface area (Å²) in [5, 5.41) is 2.03. The lowest BCUT2D eigenvalue weighted by molar-refractivity contribution is -0.133. The molecule has 1 heterocycles. The van der Waals surface area contributed by atoms with E-state index in [1.807, 2.05) is 23.3 Å². The molecule has 0 bridgehead atoms. The Hall–Kier alpha value is -0.870. The average Bonchev–Trinajstić information content (AvgIpc) is 2.84. The fraction of sp³-hybridized carbons (Fsp3) is 0.615. The van der Waals surface area contributed by atoms with Gasteiger partial charge in [0.05, 0.1) is 12.6 Å². The standard InChI is InChI=1S/C13H22N2OS/c1-3-5-8-12(14)13(16)15(4-2)10-11-7-6-9-17-11/h6-7,9,12H,3-5,8,10,14H2,1-2H3/t12-/m0/s1. The van der Waals surface area contributed by atoms with Crippen LogP contribution in [0.4, 0.5) is 0 Å². The molecule has 0 spiro atoms. The first kappa shape index (κ1) is 14.2. The Morgan fingerprint density at radius 2 is 2.29 bits per heavy atom. The summed E-state index contributed by atoms with van der Waals surface area (Å²) in [4.78, 5) is 15.2. The van der Waals surface area contributed by atoms with Gasteiger partial charge in [-0.15, -0.1) is 11.3 Å². The van der Waals surface area contributed by atoms with Gasteiger partial charge in [-0.05, 0) is 24.8 Å². The van der Waals surface area contributed by atoms with Gasteiger partial charge in [0.25, 0.3) is 0 Å². The van der Waals surface area contributed by atoms with Crippen molar-refractivity contribution in [1.82, 2.24) is 4.90 Å². The van der Waals surface area contributed by atoms with E-state index in [9.17, 15) is 4.79 Å². The molecular weight excluding hydrogens is 232 g/mol. The smallest absolute Gasteiger partial charge is 0.239 e. The predicted molar refractivity (Wildman–Crippen MR) is 72.9 cm³/mol. The number of hydrogen-bond acceptors (Lipinski definition) is 3. The number of carbonyl (C=O) groups excluding carboxylic acids is 1. The van der Waals surface area contributed by atoms with Crippen molar-refractivity contribution >= 4 is 17.2 Å². The summed E-state index contributed by atoms with van der Waals surface area (Å²) in [7, 11) is 0. The summed E-state index contributed by atoms with van der Waals surface area (Å²) in [5.74, 6) is 0.0781. The van der Waals surface area contributed by atoms with Gasteiger partial charge in [-0.25, -0.2) is 0 Å². The monoisotopic (exact) mass is 254 g/mol. The molecule has 0 radical (unpaired) electrons. The van der Waals surface area contributed by atoms with Crippen molar-refractivity contribution in [2.24, 2.45) is 5.73 Å². The van der Waals surface area contributed by atoms with Gasteiger partial charge >= 0.3 is 0 Å².